The third-order valence-electron chi connectivity index (χ3n) is 4.12. The summed E-state index contributed by atoms with van der Waals surface area (Å²) in [6.45, 7) is 0. The van der Waals surface area contributed by atoms with Crippen LogP contribution in [0.15, 0.2) is 73.0 Å². The first-order valence-corrected chi connectivity index (χ1v) is 9.89. The Bertz CT molecular complexity index is 1180. The Morgan fingerprint density at radius 3 is 2.61 bits per heavy atom. The number of aliphatic imine (C=N–C) groups is 1. The predicted molar refractivity (Wildman–Crippen MR) is 117 cm³/mol. The van der Waals surface area contributed by atoms with Crippen LogP contribution in [0.3, 0.4) is 0 Å². The van der Waals surface area contributed by atoms with E-state index < -0.39 is 0 Å². The van der Waals surface area contributed by atoms with Crippen LogP contribution in [0, 0.1) is 0 Å². The molecule has 1 aromatic heterocycles. The third kappa shape index (κ3) is 3.81. The minimum absolute atomic E-state index is 0.135. The second-order valence-electron chi connectivity index (χ2n) is 5.98. The zero-order valence-corrected chi connectivity index (χ0v) is 17.9. The minimum atomic E-state index is 0.135. The molecule has 0 atom stereocenters. The van der Waals surface area contributed by atoms with Gasteiger partial charge < -0.3 is 14.3 Å². The van der Waals surface area contributed by atoms with Crippen molar-refractivity contribution >= 4 is 54.9 Å². The maximum Gasteiger partial charge on any atom is 0.227 e. The van der Waals surface area contributed by atoms with E-state index in [1.54, 1.807) is 25.5 Å². The summed E-state index contributed by atoms with van der Waals surface area (Å²) in [6, 6.07) is 16.6. The van der Waals surface area contributed by atoms with E-state index in [-0.39, 0.29) is 5.75 Å². The molecule has 1 heterocycles. The number of nitrogens with zero attached hydrogens (tertiary/aromatic N) is 2. The second-order valence-corrected chi connectivity index (χ2v) is 7.75. The van der Waals surface area contributed by atoms with E-state index in [1.165, 1.54) is 0 Å². The molecule has 0 bridgehead atoms. The van der Waals surface area contributed by atoms with Gasteiger partial charge in [-0.2, -0.15) is 0 Å². The largest absolute Gasteiger partial charge is 0.506 e. The van der Waals surface area contributed by atoms with Crippen LogP contribution in [0.1, 0.15) is 5.56 Å². The molecule has 7 heteroatoms. The Balaban J connectivity index is 1.65. The van der Waals surface area contributed by atoms with Crippen LogP contribution >= 0.6 is 31.9 Å². The lowest BCUT2D eigenvalue weighted by molar-refractivity contribution is 0.415. The van der Waals surface area contributed by atoms with Gasteiger partial charge in [-0.05, 0) is 70.5 Å². The van der Waals surface area contributed by atoms with Gasteiger partial charge >= 0.3 is 0 Å². The highest BCUT2D eigenvalue weighted by molar-refractivity contribution is 9.11. The Hall–Kier alpha value is -2.64. The highest BCUT2D eigenvalue weighted by atomic mass is 79.9. The average molecular weight is 502 g/mol. The van der Waals surface area contributed by atoms with Crippen LogP contribution in [-0.2, 0) is 0 Å². The summed E-state index contributed by atoms with van der Waals surface area (Å²) in [7, 11) is 1.63. The first-order valence-electron chi connectivity index (χ1n) is 8.30. The van der Waals surface area contributed by atoms with E-state index in [0.29, 0.717) is 32.7 Å². The number of hydrogen-bond donors (Lipinski definition) is 1. The summed E-state index contributed by atoms with van der Waals surface area (Å²) in [5.41, 5.74) is 3.56. The van der Waals surface area contributed by atoms with Crippen LogP contribution in [0.4, 0.5) is 5.69 Å². The van der Waals surface area contributed by atoms with E-state index in [4.69, 9.17) is 9.15 Å². The number of phenols is 1. The molecule has 0 radical (unpaired) electrons. The molecule has 4 rings (SSSR count). The molecule has 0 aliphatic heterocycles. The average Bonchev–Trinajstić information content (AvgIpc) is 3.13. The fraction of sp³-hybridized carbons (Fsp3) is 0.0476. The molecule has 0 saturated carbocycles. The molecule has 140 valence electrons. The molecule has 0 amide bonds. The maximum atomic E-state index is 10.1. The van der Waals surface area contributed by atoms with Crippen molar-refractivity contribution in [1.29, 1.82) is 0 Å². The van der Waals surface area contributed by atoms with Crippen LogP contribution in [0.5, 0.6) is 11.5 Å². The molecule has 0 saturated heterocycles. The van der Waals surface area contributed by atoms with Gasteiger partial charge in [0.25, 0.3) is 0 Å². The van der Waals surface area contributed by atoms with Crippen molar-refractivity contribution in [2.75, 3.05) is 7.11 Å². The van der Waals surface area contributed by atoms with Gasteiger partial charge in [0.15, 0.2) is 5.58 Å². The number of phenolic OH excluding ortho intramolecular Hbond substituents is 1. The van der Waals surface area contributed by atoms with Crippen molar-refractivity contribution in [2.24, 2.45) is 4.99 Å². The molecular formula is C21H14Br2N2O3. The highest BCUT2D eigenvalue weighted by Crippen LogP contribution is 2.32. The van der Waals surface area contributed by atoms with Crippen LogP contribution < -0.4 is 4.74 Å². The van der Waals surface area contributed by atoms with E-state index in [1.807, 2.05) is 42.5 Å². The highest BCUT2D eigenvalue weighted by Gasteiger charge is 2.09. The van der Waals surface area contributed by atoms with Crippen molar-refractivity contribution in [1.82, 2.24) is 4.98 Å². The molecule has 1 N–H and O–H groups in total. The first-order chi connectivity index (χ1) is 13.5. The summed E-state index contributed by atoms with van der Waals surface area (Å²) in [4.78, 5) is 9.00. The van der Waals surface area contributed by atoms with Crippen LogP contribution in [0.25, 0.3) is 22.6 Å². The fourth-order valence-electron chi connectivity index (χ4n) is 2.68. The summed E-state index contributed by atoms with van der Waals surface area (Å²) < 4.78 is 12.5. The number of ether oxygens (including phenoxy) is 1. The van der Waals surface area contributed by atoms with Gasteiger partial charge in [-0.15, -0.1) is 0 Å². The zero-order chi connectivity index (χ0) is 19.7. The topological polar surface area (TPSA) is 67.9 Å². The van der Waals surface area contributed by atoms with Gasteiger partial charge in [-0.3, -0.25) is 4.99 Å². The Morgan fingerprint density at radius 1 is 1.07 bits per heavy atom. The number of halogens is 2. The molecule has 0 aliphatic carbocycles. The van der Waals surface area contributed by atoms with E-state index >= 15 is 0 Å². The third-order valence-corrected chi connectivity index (χ3v) is 5.18. The first kappa shape index (κ1) is 18.7. The van der Waals surface area contributed by atoms with E-state index in [2.05, 4.69) is 41.8 Å². The molecule has 0 fully saturated rings. The van der Waals surface area contributed by atoms with E-state index in [0.717, 1.165) is 15.8 Å². The van der Waals surface area contributed by atoms with Crippen molar-refractivity contribution in [2.45, 2.75) is 0 Å². The van der Waals surface area contributed by atoms with Crippen LogP contribution in [-0.4, -0.2) is 23.4 Å². The van der Waals surface area contributed by atoms with Gasteiger partial charge in [-0.1, -0.05) is 15.9 Å². The number of aromatic nitrogens is 1. The van der Waals surface area contributed by atoms with Crippen molar-refractivity contribution in [3.63, 3.8) is 0 Å². The maximum absolute atomic E-state index is 10.1. The van der Waals surface area contributed by atoms with Gasteiger partial charge in [0.2, 0.25) is 5.89 Å². The van der Waals surface area contributed by atoms with Gasteiger partial charge in [0.1, 0.15) is 17.0 Å². The quantitative estimate of drug-likeness (QED) is 0.325. The van der Waals surface area contributed by atoms with Crippen molar-refractivity contribution in [3.05, 3.63) is 69.1 Å². The Labute approximate surface area is 178 Å². The fourth-order valence-corrected chi connectivity index (χ4v) is 3.94. The molecule has 0 spiro atoms. The number of benzene rings is 3. The van der Waals surface area contributed by atoms with Gasteiger partial charge in [0.05, 0.1) is 17.3 Å². The van der Waals surface area contributed by atoms with Crippen molar-refractivity contribution < 1.29 is 14.3 Å². The smallest absolute Gasteiger partial charge is 0.227 e. The Kier molecular flexibility index (Phi) is 5.19. The van der Waals surface area contributed by atoms with Crippen LogP contribution in [0.2, 0.25) is 0 Å². The molecule has 28 heavy (non-hydrogen) atoms. The molecule has 5 nitrogen and oxygen atoms in total. The second kappa shape index (κ2) is 7.77. The number of aromatic hydroxyl groups is 1. The summed E-state index contributed by atoms with van der Waals surface area (Å²) in [5.74, 6) is 1.45. The van der Waals surface area contributed by atoms with E-state index in [9.17, 15) is 5.11 Å². The number of methoxy groups -OCH3 is 1. The molecular weight excluding hydrogens is 488 g/mol. The summed E-state index contributed by atoms with van der Waals surface area (Å²) >= 11 is 6.72. The Morgan fingerprint density at radius 2 is 1.86 bits per heavy atom. The minimum Gasteiger partial charge on any atom is -0.506 e. The number of oxazole rings is 1. The normalized spacial score (nSPS) is 11.4. The van der Waals surface area contributed by atoms with Gasteiger partial charge in [-0.25, -0.2) is 4.98 Å². The molecule has 0 unspecified atom stereocenters. The number of hydrogen-bond acceptors (Lipinski definition) is 5. The monoisotopic (exact) mass is 500 g/mol. The standard InChI is InChI=1S/C21H14Br2N2O3/c1-27-16-5-2-12(3-6-16)21-25-18-10-15(4-7-19(18)28-21)24-11-13-8-14(22)9-17(23)20(13)26/h2-11,26H,1H3. The molecule has 0 aliphatic rings. The van der Waals surface area contributed by atoms with Gasteiger partial charge in [0, 0.05) is 21.8 Å². The number of fused-ring (bicyclic) bond motifs is 1. The lowest BCUT2D eigenvalue weighted by atomic mass is 10.2. The SMILES string of the molecule is COc1ccc(-c2nc3cc(N=Cc4cc(Br)cc(Br)c4O)ccc3o2)cc1. The zero-order valence-electron chi connectivity index (χ0n) is 14.7. The summed E-state index contributed by atoms with van der Waals surface area (Å²) in [6.07, 6.45) is 1.61. The summed E-state index contributed by atoms with van der Waals surface area (Å²) in [5, 5.41) is 10.1. The lowest BCUT2D eigenvalue weighted by Gasteiger charge is -2.02. The molecule has 4 aromatic rings. The number of rotatable bonds is 4. The van der Waals surface area contributed by atoms with Crippen molar-refractivity contribution in [3.8, 4) is 23.0 Å². The lowest BCUT2D eigenvalue weighted by Crippen LogP contribution is -1.84. The molecule has 3 aromatic carbocycles. The predicted octanol–water partition coefficient (Wildman–Crippen LogP) is 6.48.